The van der Waals surface area contributed by atoms with Gasteiger partial charge in [0.15, 0.2) is 0 Å². The molecule has 0 amide bonds. The van der Waals surface area contributed by atoms with E-state index >= 15 is 0 Å². The second-order valence-electron chi connectivity index (χ2n) is 7.41. The maximum absolute atomic E-state index is 12.0. The lowest BCUT2D eigenvalue weighted by atomic mass is 9.86. The first-order valence-electron chi connectivity index (χ1n) is 9.63. The Hall–Kier alpha value is -1.32. The van der Waals surface area contributed by atoms with Crippen molar-refractivity contribution in [3.8, 4) is 0 Å². The fourth-order valence-electron chi connectivity index (χ4n) is 3.76. The van der Waals surface area contributed by atoms with Gasteiger partial charge in [0.1, 0.15) is 0 Å². The van der Waals surface area contributed by atoms with Gasteiger partial charge in [-0.2, -0.15) is 0 Å². The molecule has 2 fully saturated rings. The first-order valence-corrected chi connectivity index (χ1v) is 12.9. The van der Waals surface area contributed by atoms with E-state index in [1.54, 1.807) is 6.92 Å². The van der Waals surface area contributed by atoms with Gasteiger partial charge >= 0.3 is 0 Å². The summed E-state index contributed by atoms with van der Waals surface area (Å²) in [5, 5.41) is 3.42. The third-order valence-electron chi connectivity index (χ3n) is 5.42. The molecule has 3 rings (SSSR count). The fraction of sp³-hybridized carbons (Fsp3) is 0.667. The second-order valence-corrected chi connectivity index (χ2v) is 11.5. The van der Waals surface area contributed by atoms with E-state index in [0.29, 0.717) is 18.9 Å². The topological polar surface area (TPSA) is 95.6 Å². The van der Waals surface area contributed by atoms with Crippen LogP contribution in [0.4, 0.5) is 11.4 Å². The van der Waals surface area contributed by atoms with Gasteiger partial charge in [-0.1, -0.05) is 0 Å². The molecule has 1 saturated carbocycles. The summed E-state index contributed by atoms with van der Waals surface area (Å²) in [6.07, 6.45) is 4.41. The average molecular weight is 416 g/mol. The molecule has 2 N–H and O–H groups in total. The molecule has 9 heteroatoms. The minimum absolute atomic E-state index is 0.0629. The highest BCUT2D eigenvalue weighted by Crippen LogP contribution is 2.27. The van der Waals surface area contributed by atoms with E-state index in [0.717, 1.165) is 43.6 Å². The monoisotopic (exact) mass is 415 g/mol. The Morgan fingerprint density at radius 3 is 2.33 bits per heavy atom. The van der Waals surface area contributed by atoms with Crippen LogP contribution in [0.2, 0.25) is 0 Å². The van der Waals surface area contributed by atoms with E-state index in [-0.39, 0.29) is 17.5 Å². The summed E-state index contributed by atoms with van der Waals surface area (Å²) in [6, 6.07) is 7.60. The number of hydrogen-bond donors (Lipinski definition) is 2. The van der Waals surface area contributed by atoms with Gasteiger partial charge in [-0.3, -0.25) is 4.31 Å². The van der Waals surface area contributed by atoms with Crippen LogP contribution in [-0.4, -0.2) is 47.5 Å². The van der Waals surface area contributed by atoms with Crippen LogP contribution < -0.4 is 14.3 Å². The molecule has 1 aliphatic carbocycles. The Bertz CT molecular complexity index is 830. The summed E-state index contributed by atoms with van der Waals surface area (Å²) < 4.78 is 51.5. The first-order chi connectivity index (χ1) is 12.8. The largest absolute Gasteiger partial charge is 0.385 e. The minimum atomic E-state index is -3.14. The van der Waals surface area contributed by atoms with Gasteiger partial charge in [-0.25, -0.2) is 21.6 Å². The number of hydrogen-bond acceptors (Lipinski definition) is 5. The van der Waals surface area contributed by atoms with Crippen LogP contribution in [0.25, 0.3) is 0 Å². The summed E-state index contributed by atoms with van der Waals surface area (Å²) in [5.74, 6) is 0.874. The molecule has 1 saturated heterocycles. The molecule has 152 valence electrons. The van der Waals surface area contributed by atoms with Gasteiger partial charge < -0.3 is 5.32 Å². The lowest BCUT2D eigenvalue weighted by Gasteiger charge is -2.29. The highest BCUT2D eigenvalue weighted by Gasteiger charge is 2.28. The maximum atomic E-state index is 12.0. The molecule has 1 aromatic carbocycles. The van der Waals surface area contributed by atoms with Crippen LogP contribution >= 0.6 is 0 Å². The normalized spacial score (nSPS) is 25.4. The quantitative estimate of drug-likeness (QED) is 0.711. The van der Waals surface area contributed by atoms with Gasteiger partial charge in [-0.15, -0.1) is 0 Å². The van der Waals surface area contributed by atoms with Gasteiger partial charge in [0.2, 0.25) is 20.0 Å². The molecule has 7 nitrogen and oxygen atoms in total. The second kappa shape index (κ2) is 8.36. The predicted octanol–water partition coefficient (Wildman–Crippen LogP) is 2.14. The third kappa shape index (κ3) is 5.36. The molecule has 1 aromatic rings. The van der Waals surface area contributed by atoms with Crippen molar-refractivity contribution in [3.63, 3.8) is 0 Å². The zero-order valence-corrected chi connectivity index (χ0v) is 17.4. The zero-order valence-electron chi connectivity index (χ0n) is 15.7. The predicted molar refractivity (Wildman–Crippen MR) is 109 cm³/mol. The van der Waals surface area contributed by atoms with E-state index in [4.69, 9.17) is 0 Å². The minimum Gasteiger partial charge on any atom is -0.385 e. The Morgan fingerprint density at radius 1 is 1.11 bits per heavy atom. The van der Waals surface area contributed by atoms with Crippen LogP contribution in [0.3, 0.4) is 0 Å². The van der Waals surface area contributed by atoms with E-state index in [2.05, 4.69) is 10.0 Å². The summed E-state index contributed by atoms with van der Waals surface area (Å²) >= 11 is 0. The first kappa shape index (κ1) is 20.4. The lowest BCUT2D eigenvalue weighted by molar-refractivity contribution is 0.324. The molecule has 1 aliphatic heterocycles. The van der Waals surface area contributed by atoms with Crippen molar-refractivity contribution in [1.29, 1.82) is 0 Å². The van der Waals surface area contributed by atoms with E-state index in [1.165, 1.54) is 4.31 Å². The van der Waals surface area contributed by atoms with Crippen LogP contribution in [0.1, 0.15) is 39.0 Å². The van der Waals surface area contributed by atoms with Crippen molar-refractivity contribution in [1.82, 2.24) is 4.72 Å². The molecule has 1 heterocycles. The molecule has 0 unspecified atom stereocenters. The highest BCUT2D eigenvalue weighted by molar-refractivity contribution is 7.93. The molecule has 2 aliphatic rings. The van der Waals surface area contributed by atoms with E-state index in [1.807, 2.05) is 24.3 Å². The van der Waals surface area contributed by atoms with E-state index in [9.17, 15) is 16.8 Å². The Balaban J connectivity index is 1.46. The molecular formula is C18H29N3O4S2. The van der Waals surface area contributed by atoms with Crippen LogP contribution in [-0.2, 0) is 20.0 Å². The number of sulfonamides is 2. The fourth-order valence-corrected chi connectivity index (χ4v) is 6.23. The van der Waals surface area contributed by atoms with Gasteiger partial charge in [0.05, 0.1) is 17.2 Å². The van der Waals surface area contributed by atoms with Crippen LogP contribution in [0.15, 0.2) is 24.3 Å². The van der Waals surface area contributed by atoms with Gasteiger partial charge in [0.25, 0.3) is 0 Å². The van der Waals surface area contributed by atoms with Crippen LogP contribution in [0.5, 0.6) is 0 Å². The summed E-state index contributed by atoms with van der Waals surface area (Å²) in [5.41, 5.74) is 1.70. The molecular weight excluding hydrogens is 386 g/mol. The zero-order chi connectivity index (χ0) is 19.5. The Kier molecular flexibility index (Phi) is 6.32. The number of rotatable bonds is 7. The summed E-state index contributed by atoms with van der Waals surface area (Å²) in [7, 11) is -6.26. The smallest absolute Gasteiger partial charge is 0.235 e. The molecule has 0 atom stereocenters. The third-order valence-corrected chi connectivity index (χ3v) is 8.74. The van der Waals surface area contributed by atoms with Crippen molar-refractivity contribution in [3.05, 3.63) is 24.3 Å². The van der Waals surface area contributed by atoms with E-state index < -0.39 is 20.0 Å². The Morgan fingerprint density at radius 2 is 1.78 bits per heavy atom. The number of nitrogens with zero attached hydrogens (tertiary/aromatic N) is 1. The van der Waals surface area contributed by atoms with Crippen molar-refractivity contribution in [2.75, 3.05) is 34.2 Å². The number of benzene rings is 1. The molecule has 0 spiro atoms. The maximum Gasteiger partial charge on any atom is 0.235 e. The van der Waals surface area contributed by atoms with Crippen molar-refractivity contribution in [2.24, 2.45) is 5.92 Å². The highest BCUT2D eigenvalue weighted by atomic mass is 32.2. The molecule has 0 bridgehead atoms. The van der Waals surface area contributed by atoms with Crippen molar-refractivity contribution >= 4 is 31.4 Å². The summed E-state index contributed by atoms with van der Waals surface area (Å²) in [6.45, 7) is 3.05. The molecule has 0 radical (unpaired) electrons. The number of nitrogens with one attached hydrogen (secondary N) is 2. The van der Waals surface area contributed by atoms with Crippen molar-refractivity contribution in [2.45, 2.75) is 45.1 Å². The van der Waals surface area contributed by atoms with Crippen molar-refractivity contribution < 1.29 is 16.8 Å². The molecule has 27 heavy (non-hydrogen) atoms. The molecule has 0 aromatic heterocycles. The summed E-state index contributed by atoms with van der Waals surface area (Å²) in [4.78, 5) is 0. The van der Waals surface area contributed by atoms with Gasteiger partial charge in [0, 0.05) is 24.8 Å². The SMILES string of the molecule is CCS(=O)(=O)NC1CCC(CNc2ccc(N3CCCS3(=O)=O)cc2)CC1. The number of anilines is 2. The standard InChI is InChI=1S/C18H29N3O4S2/c1-2-26(22,23)20-17-6-4-15(5-7-17)14-19-16-8-10-18(11-9-16)21-12-3-13-27(21,24)25/h8-11,15,17,19-20H,2-7,12-14H2,1H3. The van der Waals surface area contributed by atoms with Crippen LogP contribution in [0, 0.1) is 5.92 Å². The lowest BCUT2D eigenvalue weighted by Crippen LogP contribution is -2.39. The average Bonchev–Trinajstić information content (AvgIpc) is 3.00. The Labute approximate surface area is 162 Å². The van der Waals surface area contributed by atoms with Gasteiger partial charge in [-0.05, 0) is 69.2 Å².